The van der Waals surface area contributed by atoms with Crippen molar-refractivity contribution in [3.63, 3.8) is 0 Å². The molecule has 0 radical (unpaired) electrons. The minimum Gasteiger partial charge on any atom is -0.464 e. The molecule has 1 unspecified atom stereocenters. The summed E-state index contributed by atoms with van der Waals surface area (Å²) in [6, 6.07) is 8.79. The van der Waals surface area contributed by atoms with E-state index >= 15 is 4.79 Å². The largest absolute Gasteiger partial charge is 0.464 e. The molecule has 16 nitrogen and oxygen atoms in total. The van der Waals surface area contributed by atoms with Gasteiger partial charge in [0, 0.05) is 105 Å². The fraction of sp³-hybridized carbons (Fsp3) is 0.600. The number of methoxy groups -OCH3 is 1. The van der Waals surface area contributed by atoms with Gasteiger partial charge >= 0.3 is 5.97 Å². The van der Waals surface area contributed by atoms with Gasteiger partial charge in [0.25, 0.3) is 5.91 Å². The molecule has 16 heteroatoms. The van der Waals surface area contributed by atoms with Gasteiger partial charge in [-0.25, -0.2) is 10.4 Å². The molecule has 3 saturated heterocycles. The van der Waals surface area contributed by atoms with Crippen LogP contribution in [0.1, 0.15) is 103 Å². The standard InChI is InChI=1S/C50H65N9O7/c1-28-29(2)41(28)46(61)53-43-45(56-20-18-55(19-21-56)31(4)60)47-52-39(26-65-47)32-12-15-40-36(22-32)37(23-50(5,6)27-66-49(63)38-11-9-17-58(54-38)48(43)62)44(35-10-8-16-51-42(35)30(3)64-7)59(40)34-24-57(25-34)33-13-14-33/h8,10,12,15-16,22,26,28-30,33-34,38,41,43,45,54H,9,11,13-14,17-21,23-25,27H2,1-7H3,(H,53,61)/t28-,29+,30-,38-,41?,43-,45-/m0/s1. The van der Waals surface area contributed by atoms with Crippen LogP contribution in [0.5, 0.6) is 0 Å². The number of amides is 3. The first-order chi connectivity index (χ1) is 31.7. The van der Waals surface area contributed by atoms with E-state index < -0.39 is 35.4 Å². The van der Waals surface area contributed by atoms with Crippen molar-refractivity contribution in [2.45, 2.75) is 110 Å². The Kier molecular flexibility index (Phi) is 11.8. The van der Waals surface area contributed by atoms with Crippen molar-refractivity contribution >= 4 is 34.6 Å². The summed E-state index contributed by atoms with van der Waals surface area (Å²) < 4.78 is 21.2. The zero-order chi connectivity index (χ0) is 46.2. The predicted molar refractivity (Wildman–Crippen MR) is 246 cm³/mol. The summed E-state index contributed by atoms with van der Waals surface area (Å²) in [4.78, 5) is 72.4. The monoisotopic (exact) mass is 904 g/mol. The first-order valence-corrected chi connectivity index (χ1v) is 24.1. The Morgan fingerprint density at radius 2 is 1.74 bits per heavy atom. The first-order valence-electron chi connectivity index (χ1n) is 24.1. The third-order valence-corrected chi connectivity index (χ3v) is 15.5. The number of hydrogen-bond donors (Lipinski definition) is 2. The van der Waals surface area contributed by atoms with Crippen LogP contribution >= 0.6 is 0 Å². The predicted octanol–water partition coefficient (Wildman–Crippen LogP) is 5.30. The maximum absolute atomic E-state index is 15.1. The summed E-state index contributed by atoms with van der Waals surface area (Å²) in [5, 5.41) is 5.72. The third-order valence-electron chi connectivity index (χ3n) is 15.5. The number of likely N-dealkylation sites (tertiary alicyclic amines) is 1. The lowest BCUT2D eigenvalue weighted by molar-refractivity contribution is -0.156. The maximum Gasteiger partial charge on any atom is 0.324 e. The molecule has 1 aromatic carbocycles. The average Bonchev–Trinajstić information content (AvgIpc) is 4.15. The lowest BCUT2D eigenvalue weighted by atomic mass is 9.84. The molecular weight excluding hydrogens is 839 g/mol. The number of rotatable bonds is 8. The number of cyclic esters (lactones) is 1. The highest BCUT2D eigenvalue weighted by Gasteiger charge is 2.51. The Bertz CT molecular complexity index is 2510. The molecule has 10 rings (SSSR count). The third kappa shape index (κ3) is 8.32. The van der Waals surface area contributed by atoms with Crippen LogP contribution in [0.4, 0.5) is 0 Å². The van der Waals surface area contributed by atoms with Crippen molar-refractivity contribution in [1.82, 2.24) is 45.0 Å². The number of nitrogens with zero attached hydrogens (tertiary/aromatic N) is 7. The molecule has 6 aliphatic rings. The zero-order valence-corrected chi connectivity index (χ0v) is 39.4. The van der Waals surface area contributed by atoms with Crippen LogP contribution in [0.3, 0.4) is 0 Å². The summed E-state index contributed by atoms with van der Waals surface area (Å²) in [5.74, 6) is -0.655. The number of fused-ring (bicyclic) bond motifs is 6. The number of esters is 1. The van der Waals surface area contributed by atoms with Gasteiger partial charge in [0.2, 0.25) is 17.7 Å². The van der Waals surface area contributed by atoms with Gasteiger partial charge in [0.05, 0.1) is 30.1 Å². The highest BCUT2D eigenvalue weighted by atomic mass is 16.5. The Hall–Kier alpha value is -5.16. The van der Waals surface area contributed by atoms with Gasteiger partial charge in [-0.05, 0) is 80.7 Å². The van der Waals surface area contributed by atoms with Crippen molar-refractivity contribution in [2.75, 3.05) is 59.5 Å². The Labute approximate surface area is 386 Å². The lowest BCUT2D eigenvalue weighted by Gasteiger charge is -2.42. The molecule has 66 heavy (non-hydrogen) atoms. The fourth-order valence-corrected chi connectivity index (χ4v) is 11.1. The van der Waals surface area contributed by atoms with Crippen LogP contribution in [0.25, 0.3) is 33.4 Å². The number of piperazine rings is 1. The Morgan fingerprint density at radius 1 is 0.985 bits per heavy atom. The van der Waals surface area contributed by atoms with Gasteiger partial charge in [0.1, 0.15) is 30.1 Å². The molecule has 2 N–H and O–H groups in total. The number of oxazole rings is 1. The van der Waals surface area contributed by atoms with E-state index in [-0.39, 0.29) is 54.2 Å². The van der Waals surface area contributed by atoms with Crippen molar-refractivity contribution in [1.29, 1.82) is 0 Å². The average molecular weight is 904 g/mol. The van der Waals surface area contributed by atoms with E-state index in [1.165, 1.54) is 17.9 Å². The number of benzene rings is 1. The molecule has 7 heterocycles. The number of nitrogens with one attached hydrogen (secondary N) is 2. The molecule has 3 amide bonds. The number of carbonyl (C=O) groups is 4. The minimum absolute atomic E-state index is 0.0218. The molecule has 7 atom stereocenters. The molecule has 2 aliphatic carbocycles. The van der Waals surface area contributed by atoms with E-state index in [2.05, 4.69) is 63.2 Å². The van der Waals surface area contributed by atoms with Crippen molar-refractivity contribution in [3.8, 4) is 22.5 Å². The molecule has 6 bridgehead atoms. The van der Waals surface area contributed by atoms with Crippen LogP contribution in [-0.4, -0.2) is 136 Å². The van der Waals surface area contributed by atoms with Gasteiger partial charge in [-0.2, -0.15) is 0 Å². The zero-order valence-electron chi connectivity index (χ0n) is 39.4. The highest BCUT2D eigenvalue weighted by molar-refractivity contribution is 5.95. The van der Waals surface area contributed by atoms with Gasteiger partial charge in [0.15, 0.2) is 0 Å². The molecular formula is C50H65N9O7. The second-order valence-electron chi connectivity index (χ2n) is 20.6. The van der Waals surface area contributed by atoms with Crippen LogP contribution in [-0.2, 0) is 35.1 Å². The SMILES string of the molecule is CO[C@@H](C)c1ncccc1-c1c2c3cc(ccc3n1C1CN(C3CC3)C1)-c1coc(n1)[C@@H](N1CCN(C(C)=O)CC1)[C@H](NC(=O)C1[C@@H](C)[C@H]1C)C(=O)N1CCC[C@H](N1)C(=O)OCC(C)(C)C2. The van der Waals surface area contributed by atoms with E-state index in [9.17, 15) is 14.4 Å². The Balaban J connectivity index is 1.14. The van der Waals surface area contributed by atoms with Crippen LogP contribution in [0.15, 0.2) is 47.2 Å². The number of hydrogen-bond acceptors (Lipinski definition) is 12. The van der Waals surface area contributed by atoms with Crippen molar-refractivity contribution < 1.29 is 33.1 Å². The van der Waals surface area contributed by atoms with E-state index in [0.717, 1.165) is 52.1 Å². The van der Waals surface area contributed by atoms with E-state index in [1.807, 2.05) is 33.0 Å². The summed E-state index contributed by atoms with van der Waals surface area (Å²) >= 11 is 0. The molecule has 4 aliphatic heterocycles. The topological polar surface area (TPSA) is 168 Å². The van der Waals surface area contributed by atoms with Crippen LogP contribution in [0.2, 0.25) is 0 Å². The van der Waals surface area contributed by atoms with E-state index in [1.54, 1.807) is 25.2 Å². The normalized spacial score (nSPS) is 28.1. The number of pyridine rings is 1. The van der Waals surface area contributed by atoms with Gasteiger partial charge in [-0.1, -0.05) is 33.8 Å². The minimum atomic E-state index is -1.13. The molecule has 4 aromatic rings. The van der Waals surface area contributed by atoms with Gasteiger partial charge in [-0.3, -0.25) is 39.0 Å². The second-order valence-corrected chi connectivity index (χ2v) is 20.6. The molecule has 2 saturated carbocycles. The first kappa shape index (κ1) is 44.7. The maximum atomic E-state index is 15.1. The van der Waals surface area contributed by atoms with Crippen LogP contribution < -0.4 is 10.7 Å². The van der Waals surface area contributed by atoms with Gasteiger partial charge in [-0.15, -0.1) is 0 Å². The highest BCUT2D eigenvalue weighted by Crippen LogP contribution is 2.47. The number of aromatic nitrogens is 3. The smallest absolute Gasteiger partial charge is 0.324 e. The molecule has 0 spiro atoms. The summed E-state index contributed by atoms with van der Waals surface area (Å²) in [7, 11) is 1.71. The molecule has 3 aromatic heterocycles. The van der Waals surface area contributed by atoms with E-state index in [0.29, 0.717) is 63.7 Å². The molecule has 5 fully saturated rings. The van der Waals surface area contributed by atoms with Gasteiger partial charge < -0.3 is 28.7 Å². The van der Waals surface area contributed by atoms with Crippen molar-refractivity contribution in [2.24, 2.45) is 23.2 Å². The molecule has 352 valence electrons. The fourth-order valence-electron chi connectivity index (χ4n) is 11.1. The second kappa shape index (κ2) is 17.5. The van der Waals surface area contributed by atoms with E-state index in [4.69, 9.17) is 23.9 Å². The number of carbonyl (C=O) groups excluding carboxylic acids is 4. The van der Waals surface area contributed by atoms with Crippen molar-refractivity contribution in [3.05, 3.63) is 59.9 Å². The quantitative estimate of drug-likeness (QED) is 0.220. The van der Waals surface area contributed by atoms with Crippen LogP contribution in [0, 0.1) is 23.2 Å². The summed E-state index contributed by atoms with van der Waals surface area (Å²) in [6.45, 7) is 16.1. The number of hydrazine groups is 1. The number of ether oxygens (including phenoxy) is 2. The summed E-state index contributed by atoms with van der Waals surface area (Å²) in [5.41, 5.74) is 9.33. The summed E-state index contributed by atoms with van der Waals surface area (Å²) in [6.07, 6.45) is 7.32. The Morgan fingerprint density at radius 3 is 2.44 bits per heavy atom. The lowest BCUT2D eigenvalue weighted by Crippen LogP contribution is -2.63.